The average molecular weight is 386 g/mol. The molecule has 5 aromatic rings. The van der Waals surface area contributed by atoms with Crippen LogP contribution in [0.15, 0.2) is 61.2 Å². The van der Waals surface area contributed by atoms with Crippen LogP contribution < -0.4 is 5.32 Å². The molecule has 0 aliphatic carbocycles. The Hall–Kier alpha value is -4.08. The Kier molecular flexibility index (Phi) is 4.20. The van der Waals surface area contributed by atoms with Crippen LogP contribution in [0.3, 0.4) is 0 Å². The Labute approximate surface area is 165 Å². The van der Waals surface area contributed by atoms with Crippen LogP contribution in [0.25, 0.3) is 22.3 Å². The predicted molar refractivity (Wildman–Crippen MR) is 107 cm³/mol. The largest absolute Gasteiger partial charge is 0.309 e. The van der Waals surface area contributed by atoms with Crippen LogP contribution >= 0.6 is 0 Å². The first-order valence-electron chi connectivity index (χ1n) is 9.15. The summed E-state index contributed by atoms with van der Waals surface area (Å²) in [6, 6.07) is 11.7. The number of aryl methyl sites for hydroxylation is 3. The SMILES string of the molecule is Cn1nccc1Nc1nccc(-c2ccc3c(c2)nnn3CCn2cccn2)n1. The van der Waals surface area contributed by atoms with E-state index in [9.17, 15) is 0 Å². The molecule has 10 heteroatoms. The third-order valence-electron chi connectivity index (χ3n) is 4.63. The van der Waals surface area contributed by atoms with E-state index in [-0.39, 0.29) is 0 Å². The van der Waals surface area contributed by atoms with Gasteiger partial charge in [-0.2, -0.15) is 10.2 Å². The highest BCUT2D eigenvalue weighted by atomic mass is 15.4. The second-order valence-electron chi connectivity index (χ2n) is 6.52. The molecule has 0 atom stereocenters. The molecule has 0 aliphatic rings. The molecule has 0 aliphatic heterocycles. The van der Waals surface area contributed by atoms with Crippen molar-refractivity contribution in [1.29, 1.82) is 0 Å². The minimum Gasteiger partial charge on any atom is -0.309 e. The van der Waals surface area contributed by atoms with Gasteiger partial charge in [-0.15, -0.1) is 5.10 Å². The van der Waals surface area contributed by atoms with E-state index in [1.807, 2.05) is 59.0 Å². The monoisotopic (exact) mass is 386 g/mol. The molecule has 10 nitrogen and oxygen atoms in total. The molecule has 0 radical (unpaired) electrons. The van der Waals surface area contributed by atoms with Gasteiger partial charge in [0.1, 0.15) is 11.3 Å². The van der Waals surface area contributed by atoms with Crippen molar-refractivity contribution in [1.82, 2.24) is 44.5 Å². The van der Waals surface area contributed by atoms with Crippen molar-refractivity contribution in [3.05, 3.63) is 61.2 Å². The van der Waals surface area contributed by atoms with E-state index < -0.39 is 0 Å². The van der Waals surface area contributed by atoms with Crippen LogP contribution in [-0.4, -0.2) is 44.5 Å². The first-order chi connectivity index (χ1) is 14.3. The lowest BCUT2D eigenvalue weighted by atomic mass is 10.1. The van der Waals surface area contributed by atoms with Crippen molar-refractivity contribution in [3.63, 3.8) is 0 Å². The summed E-state index contributed by atoms with van der Waals surface area (Å²) in [4.78, 5) is 8.91. The maximum absolute atomic E-state index is 4.61. The van der Waals surface area contributed by atoms with Crippen molar-refractivity contribution in [2.45, 2.75) is 13.1 Å². The highest BCUT2D eigenvalue weighted by Crippen LogP contribution is 2.23. The average Bonchev–Trinajstić information content (AvgIpc) is 3.48. The number of nitrogens with zero attached hydrogens (tertiary/aromatic N) is 9. The topological polar surface area (TPSA) is 104 Å². The summed E-state index contributed by atoms with van der Waals surface area (Å²) in [5, 5.41) is 20.1. The number of nitrogens with one attached hydrogen (secondary N) is 1. The molecule has 0 saturated carbocycles. The Morgan fingerprint density at radius 3 is 2.79 bits per heavy atom. The normalized spacial score (nSPS) is 11.2. The second-order valence-corrected chi connectivity index (χ2v) is 6.52. The molecule has 0 amide bonds. The lowest BCUT2D eigenvalue weighted by Gasteiger charge is -2.07. The molecule has 4 heterocycles. The molecule has 0 bridgehead atoms. The predicted octanol–water partition coefficient (Wildman–Crippen LogP) is 2.26. The van der Waals surface area contributed by atoms with Crippen molar-refractivity contribution in [2.24, 2.45) is 7.05 Å². The summed E-state index contributed by atoms with van der Waals surface area (Å²) in [6.07, 6.45) is 7.15. The first-order valence-corrected chi connectivity index (χ1v) is 9.15. The summed E-state index contributed by atoms with van der Waals surface area (Å²) >= 11 is 0. The number of aromatic nitrogens is 9. The van der Waals surface area contributed by atoms with Crippen LogP contribution in [0.4, 0.5) is 11.8 Å². The quantitative estimate of drug-likeness (QED) is 0.477. The lowest BCUT2D eigenvalue weighted by molar-refractivity contribution is 0.499. The molecule has 144 valence electrons. The number of rotatable bonds is 6. The van der Waals surface area contributed by atoms with E-state index in [1.54, 1.807) is 23.3 Å². The molecule has 5 rings (SSSR count). The van der Waals surface area contributed by atoms with E-state index in [2.05, 4.69) is 35.8 Å². The second kappa shape index (κ2) is 7.15. The highest BCUT2D eigenvalue weighted by Gasteiger charge is 2.09. The minimum atomic E-state index is 0.508. The number of hydrogen-bond acceptors (Lipinski definition) is 7. The maximum Gasteiger partial charge on any atom is 0.228 e. The van der Waals surface area contributed by atoms with E-state index in [1.165, 1.54) is 0 Å². The zero-order valence-corrected chi connectivity index (χ0v) is 15.7. The molecule has 4 aromatic heterocycles. The van der Waals surface area contributed by atoms with Gasteiger partial charge in [-0.3, -0.25) is 9.36 Å². The van der Waals surface area contributed by atoms with Crippen LogP contribution in [0, 0.1) is 0 Å². The molecule has 29 heavy (non-hydrogen) atoms. The summed E-state index contributed by atoms with van der Waals surface area (Å²) < 4.78 is 5.49. The molecule has 0 spiro atoms. The molecule has 1 aromatic carbocycles. The minimum absolute atomic E-state index is 0.508. The fourth-order valence-electron chi connectivity index (χ4n) is 3.12. The van der Waals surface area contributed by atoms with Gasteiger partial charge in [0.05, 0.1) is 30.5 Å². The van der Waals surface area contributed by atoms with E-state index in [0.29, 0.717) is 12.5 Å². The third-order valence-corrected chi connectivity index (χ3v) is 4.63. The molecule has 0 unspecified atom stereocenters. The maximum atomic E-state index is 4.61. The first kappa shape index (κ1) is 17.0. The van der Waals surface area contributed by atoms with Crippen LogP contribution in [0.5, 0.6) is 0 Å². The standard InChI is InChI=1S/C19H18N10/c1-27-18(6-9-21-27)24-19-20-8-5-15(23-19)14-3-4-17-16(13-14)25-26-29(17)12-11-28-10-2-7-22-28/h2-10,13H,11-12H2,1H3,(H,20,23,24). The van der Waals surface area contributed by atoms with Crippen LogP contribution in [0.2, 0.25) is 0 Å². The van der Waals surface area contributed by atoms with Gasteiger partial charge in [0, 0.05) is 37.3 Å². The summed E-state index contributed by atoms with van der Waals surface area (Å²) in [7, 11) is 1.86. The summed E-state index contributed by atoms with van der Waals surface area (Å²) in [6.45, 7) is 1.44. The van der Waals surface area contributed by atoms with Gasteiger partial charge >= 0.3 is 0 Å². The molecular weight excluding hydrogens is 368 g/mol. The number of anilines is 2. The smallest absolute Gasteiger partial charge is 0.228 e. The zero-order chi connectivity index (χ0) is 19.6. The van der Waals surface area contributed by atoms with Gasteiger partial charge in [0.15, 0.2) is 0 Å². The van der Waals surface area contributed by atoms with E-state index >= 15 is 0 Å². The molecular formula is C19H18N10. The summed E-state index contributed by atoms with van der Waals surface area (Å²) in [5.74, 6) is 1.33. The van der Waals surface area contributed by atoms with Crippen molar-refractivity contribution in [3.8, 4) is 11.3 Å². The fourth-order valence-corrected chi connectivity index (χ4v) is 3.12. The number of fused-ring (bicyclic) bond motifs is 1. The van der Waals surface area contributed by atoms with Crippen LogP contribution in [-0.2, 0) is 20.1 Å². The Morgan fingerprint density at radius 2 is 1.97 bits per heavy atom. The fraction of sp³-hybridized carbons (Fsp3) is 0.158. The van der Waals surface area contributed by atoms with Gasteiger partial charge < -0.3 is 5.32 Å². The van der Waals surface area contributed by atoms with Gasteiger partial charge in [-0.05, 0) is 24.3 Å². The van der Waals surface area contributed by atoms with Gasteiger partial charge in [-0.1, -0.05) is 11.3 Å². The van der Waals surface area contributed by atoms with Gasteiger partial charge in [-0.25, -0.2) is 14.6 Å². The number of hydrogen-bond donors (Lipinski definition) is 1. The molecule has 0 fully saturated rings. The zero-order valence-electron chi connectivity index (χ0n) is 15.7. The Morgan fingerprint density at radius 1 is 1.00 bits per heavy atom. The van der Waals surface area contributed by atoms with E-state index in [4.69, 9.17) is 0 Å². The molecule has 0 saturated heterocycles. The Bertz CT molecular complexity index is 1250. The van der Waals surface area contributed by atoms with Gasteiger partial charge in [0.25, 0.3) is 0 Å². The highest BCUT2D eigenvalue weighted by molar-refractivity contribution is 5.80. The van der Waals surface area contributed by atoms with Crippen molar-refractivity contribution >= 4 is 22.8 Å². The summed E-state index contributed by atoms with van der Waals surface area (Å²) in [5.41, 5.74) is 3.55. The van der Waals surface area contributed by atoms with Crippen LogP contribution in [0.1, 0.15) is 0 Å². The van der Waals surface area contributed by atoms with Gasteiger partial charge in [0.2, 0.25) is 5.95 Å². The Balaban J connectivity index is 1.39. The van der Waals surface area contributed by atoms with E-state index in [0.717, 1.165) is 34.7 Å². The number of benzene rings is 1. The third kappa shape index (κ3) is 3.43. The lowest BCUT2D eigenvalue weighted by Crippen LogP contribution is -2.08. The molecule has 1 N–H and O–H groups in total. The van der Waals surface area contributed by atoms with Crippen molar-refractivity contribution in [2.75, 3.05) is 5.32 Å². The van der Waals surface area contributed by atoms with Crippen molar-refractivity contribution < 1.29 is 0 Å².